The standard InChI is InChI=1S/C12H15N3O4S2/c1-7-10(12(16)17)15-8(2)11(7)21(18,19)14-4-3-9-5-20-6-13-9/h5-6,14-15H,3-4H2,1-2H3,(H,16,17). The fraction of sp³-hybridized carbons (Fsp3) is 0.333. The molecule has 0 saturated heterocycles. The zero-order valence-electron chi connectivity index (χ0n) is 11.5. The molecule has 0 radical (unpaired) electrons. The van der Waals surface area contributed by atoms with Gasteiger partial charge in [0.25, 0.3) is 0 Å². The van der Waals surface area contributed by atoms with Crippen LogP contribution >= 0.6 is 11.3 Å². The van der Waals surface area contributed by atoms with Gasteiger partial charge >= 0.3 is 5.97 Å². The van der Waals surface area contributed by atoms with Gasteiger partial charge in [-0.15, -0.1) is 11.3 Å². The molecule has 0 atom stereocenters. The molecule has 0 fully saturated rings. The van der Waals surface area contributed by atoms with Crippen LogP contribution in [0.2, 0.25) is 0 Å². The van der Waals surface area contributed by atoms with Gasteiger partial charge in [-0.25, -0.2) is 22.9 Å². The van der Waals surface area contributed by atoms with E-state index in [4.69, 9.17) is 5.11 Å². The molecule has 0 spiro atoms. The maximum Gasteiger partial charge on any atom is 0.352 e. The highest BCUT2D eigenvalue weighted by atomic mass is 32.2. The fourth-order valence-corrected chi connectivity index (χ4v) is 4.16. The predicted molar refractivity (Wildman–Crippen MR) is 78.2 cm³/mol. The van der Waals surface area contributed by atoms with Gasteiger partial charge in [-0.3, -0.25) is 0 Å². The second-order valence-electron chi connectivity index (χ2n) is 4.51. The highest BCUT2D eigenvalue weighted by molar-refractivity contribution is 7.89. The Balaban J connectivity index is 2.18. The van der Waals surface area contributed by atoms with Crippen molar-refractivity contribution in [2.45, 2.75) is 25.2 Å². The summed E-state index contributed by atoms with van der Waals surface area (Å²) < 4.78 is 27.1. The average Bonchev–Trinajstić information content (AvgIpc) is 2.97. The molecule has 2 aromatic heterocycles. The molecule has 0 bridgehead atoms. The first-order valence-electron chi connectivity index (χ1n) is 6.12. The Labute approximate surface area is 126 Å². The number of nitrogens with one attached hydrogen (secondary N) is 2. The lowest BCUT2D eigenvalue weighted by Crippen LogP contribution is -2.27. The number of aromatic nitrogens is 2. The second-order valence-corrected chi connectivity index (χ2v) is 6.93. The summed E-state index contributed by atoms with van der Waals surface area (Å²) >= 11 is 1.45. The van der Waals surface area contributed by atoms with Crippen LogP contribution < -0.4 is 4.72 Å². The Morgan fingerprint density at radius 1 is 1.48 bits per heavy atom. The van der Waals surface area contributed by atoms with Crippen molar-refractivity contribution in [3.05, 3.63) is 33.5 Å². The first-order chi connectivity index (χ1) is 9.83. The van der Waals surface area contributed by atoms with Crippen molar-refractivity contribution in [2.75, 3.05) is 6.54 Å². The van der Waals surface area contributed by atoms with Crippen molar-refractivity contribution in [1.29, 1.82) is 0 Å². The number of hydrogen-bond acceptors (Lipinski definition) is 5. The number of aryl methyl sites for hydroxylation is 1. The van der Waals surface area contributed by atoms with Crippen LogP contribution in [0.25, 0.3) is 0 Å². The maximum absolute atomic E-state index is 12.3. The van der Waals surface area contributed by atoms with Crippen molar-refractivity contribution in [2.24, 2.45) is 0 Å². The minimum atomic E-state index is -3.76. The molecular formula is C12H15N3O4S2. The molecule has 0 amide bonds. The molecule has 21 heavy (non-hydrogen) atoms. The number of thiazole rings is 1. The van der Waals surface area contributed by atoms with Crippen LogP contribution in [0, 0.1) is 13.8 Å². The topological polar surface area (TPSA) is 112 Å². The van der Waals surface area contributed by atoms with E-state index < -0.39 is 16.0 Å². The number of sulfonamides is 1. The molecule has 2 aromatic rings. The van der Waals surface area contributed by atoms with Crippen molar-refractivity contribution >= 4 is 27.3 Å². The van der Waals surface area contributed by atoms with E-state index in [0.29, 0.717) is 12.1 Å². The summed E-state index contributed by atoms with van der Waals surface area (Å²) in [5.74, 6) is -1.18. The number of H-pyrrole nitrogens is 1. The van der Waals surface area contributed by atoms with Gasteiger partial charge in [-0.2, -0.15) is 0 Å². The van der Waals surface area contributed by atoms with E-state index >= 15 is 0 Å². The van der Waals surface area contributed by atoms with Crippen LogP contribution in [0.1, 0.15) is 27.4 Å². The number of hydrogen-bond donors (Lipinski definition) is 3. The number of carboxylic acids is 1. The van der Waals surface area contributed by atoms with Gasteiger partial charge in [0.05, 0.1) is 11.2 Å². The third kappa shape index (κ3) is 3.31. The van der Waals surface area contributed by atoms with Crippen LogP contribution in [0.3, 0.4) is 0 Å². The van der Waals surface area contributed by atoms with Gasteiger partial charge in [0.15, 0.2) is 0 Å². The van der Waals surface area contributed by atoms with Gasteiger partial charge in [-0.1, -0.05) is 0 Å². The smallest absolute Gasteiger partial charge is 0.352 e. The van der Waals surface area contributed by atoms with Gasteiger partial charge in [0, 0.05) is 29.6 Å². The summed E-state index contributed by atoms with van der Waals surface area (Å²) in [6.07, 6.45) is 0.483. The zero-order chi connectivity index (χ0) is 15.6. The first kappa shape index (κ1) is 15.7. The lowest BCUT2D eigenvalue weighted by molar-refractivity contribution is 0.0690. The van der Waals surface area contributed by atoms with Gasteiger partial charge in [0.2, 0.25) is 10.0 Å². The Morgan fingerprint density at radius 2 is 2.19 bits per heavy atom. The Hall–Kier alpha value is -1.71. The summed E-state index contributed by atoms with van der Waals surface area (Å²) in [7, 11) is -3.76. The van der Waals surface area contributed by atoms with Crippen LogP contribution in [-0.2, 0) is 16.4 Å². The number of carbonyl (C=O) groups is 1. The molecule has 3 N–H and O–H groups in total. The zero-order valence-corrected chi connectivity index (χ0v) is 13.1. The Bertz CT molecular complexity index is 748. The molecule has 0 aliphatic heterocycles. The minimum absolute atomic E-state index is 0.00169. The number of nitrogens with zero attached hydrogens (tertiary/aromatic N) is 1. The van der Waals surface area contributed by atoms with E-state index in [2.05, 4.69) is 14.7 Å². The second kappa shape index (κ2) is 5.96. The van der Waals surface area contributed by atoms with Crippen molar-refractivity contribution in [3.63, 3.8) is 0 Å². The van der Waals surface area contributed by atoms with E-state index in [1.807, 2.05) is 5.38 Å². The lowest BCUT2D eigenvalue weighted by Gasteiger charge is -2.06. The number of aromatic carboxylic acids is 1. The fourth-order valence-electron chi connectivity index (χ4n) is 2.10. The van der Waals surface area contributed by atoms with E-state index in [9.17, 15) is 13.2 Å². The van der Waals surface area contributed by atoms with Crippen molar-refractivity contribution in [1.82, 2.24) is 14.7 Å². The van der Waals surface area contributed by atoms with Gasteiger partial charge in [0.1, 0.15) is 10.6 Å². The van der Waals surface area contributed by atoms with Gasteiger partial charge < -0.3 is 10.1 Å². The third-order valence-corrected chi connectivity index (χ3v) is 5.38. The molecule has 9 heteroatoms. The molecule has 114 valence electrons. The summed E-state index contributed by atoms with van der Waals surface area (Å²) in [5, 5.41) is 10.9. The largest absolute Gasteiger partial charge is 0.477 e. The molecule has 2 rings (SSSR count). The average molecular weight is 329 g/mol. The highest BCUT2D eigenvalue weighted by Crippen LogP contribution is 2.22. The van der Waals surface area contributed by atoms with E-state index in [1.54, 1.807) is 5.51 Å². The number of carboxylic acid groups (broad SMARTS) is 1. The molecule has 0 aliphatic carbocycles. The van der Waals surface area contributed by atoms with Crippen molar-refractivity contribution < 1.29 is 18.3 Å². The third-order valence-electron chi connectivity index (χ3n) is 3.01. The Morgan fingerprint density at radius 3 is 2.71 bits per heavy atom. The summed E-state index contributed by atoms with van der Waals surface area (Å²) in [6, 6.07) is 0. The first-order valence-corrected chi connectivity index (χ1v) is 8.54. The Kier molecular flexibility index (Phi) is 4.45. The van der Waals surface area contributed by atoms with Crippen LogP contribution in [0.15, 0.2) is 15.8 Å². The molecule has 0 saturated carbocycles. The van der Waals surface area contributed by atoms with Gasteiger partial charge in [-0.05, 0) is 13.8 Å². The quantitative estimate of drug-likeness (QED) is 0.739. The van der Waals surface area contributed by atoms with Crippen LogP contribution in [0.5, 0.6) is 0 Å². The molecular weight excluding hydrogens is 314 g/mol. The van der Waals surface area contributed by atoms with Crippen LogP contribution in [0.4, 0.5) is 0 Å². The summed E-state index contributed by atoms with van der Waals surface area (Å²) in [6.45, 7) is 3.22. The molecule has 0 aliphatic rings. The SMILES string of the molecule is Cc1[nH]c(C(=O)O)c(C)c1S(=O)(=O)NCCc1cscn1. The summed E-state index contributed by atoms with van der Waals surface area (Å²) in [5.41, 5.74) is 2.92. The number of rotatable bonds is 6. The predicted octanol–water partition coefficient (Wildman–Crippen LogP) is 1.31. The minimum Gasteiger partial charge on any atom is -0.477 e. The van der Waals surface area contributed by atoms with E-state index in [1.165, 1.54) is 25.2 Å². The molecule has 0 aromatic carbocycles. The maximum atomic E-state index is 12.3. The monoisotopic (exact) mass is 329 g/mol. The number of aromatic amines is 1. The molecule has 7 nitrogen and oxygen atoms in total. The van der Waals surface area contributed by atoms with Crippen LogP contribution in [-0.4, -0.2) is 36.0 Å². The normalized spacial score (nSPS) is 11.7. The molecule has 0 unspecified atom stereocenters. The lowest BCUT2D eigenvalue weighted by atomic mass is 10.2. The van der Waals surface area contributed by atoms with Crippen molar-refractivity contribution in [3.8, 4) is 0 Å². The molecule has 2 heterocycles. The van der Waals surface area contributed by atoms with E-state index in [-0.39, 0.29) is 22.7 Å². The summed E-state index contributed by atoms with van der Waals surface area (Å²) in [4.78, 5) is 17.7. The van der Waals surface area contributed by atoms with E-state index in [0.717, 1.165) is 5.69 Å². The highest BCUT2D eigenvalue weighted by Gasteiger charge is 2.25.